The van der Waals surface area contributed by atoms with Crippen molar-refractivity contribution in [3.8, 4) is 5.75 Å². The van der Waals surface area contributed by atoms with Gasteiger partial charge in [0.2, 0.25) is 0 Å². The highest BCUT2D eigenvalue weighted by Crippen LogP contribution is 2.56. The number of benzene rings is 1. The van der Waals surface area contributed by atoms with Gasteiger partial charge in [-0.25, -0.2) is 4.79 Å². The first-order valence-electron chi connectivity index (χ1n) is 11.9. The number of likely N-dealkylation sites (N-methyl/N-ethyl adjacent to an activating group) is 1. The smallest absolute Gasteiger partial charge is 0.483 e. The summed E-state index contributed by atoms with van der Waals surface area (Å²) >= 11 is 0. The topological polar surface area (TPSA) is 86.3 Å². The van der Waals surface area contributed by atoms with Crippen molar-refractivity contribution in [2.45, 2.75) is 88.7 Å². The Morgan fingerprint density at radius 2 is 1.76 bits per heavy atom. The number of carbonyl (C=O) groups is 2. The van der Waals surface area contributed by atoms with Crippen molar-refractivity contribution in [2.24, 2.45) is 0 Å². The predicted molar refractivity (Wildman–Crippen MR) is 122 cm³/mol. The van der Waals surface area contributed by atoms with Gasteiger partial charge < -0.3 is 24.1 Å². The summed E-state index contributed by atoms with van der Waals surface area (Å²) in [4.78, 5) is 27.6. The summed E-state index contributed by atoms with van der Waals surface area (Å²) < 4.78 is 24.9. The van der Waals surface area contributed by atoms with E-state index in [9.17, 15) is 9.59 Å². The normalized spacial score (nSPS) is 34.2. The minimum absolute atomic E-state index is 0.134. The second kappa shape index (κ2) is 7.20. The Labute approximate surface area is 195 Å². The average Bonchev–Trinajstić information content (AvgIpc) is 3.25. The number of carbonyl (C=O) groups excluding carboxylic acids is 2. The van der Waals surface area contributed by atoms with Gasteiger partial charge in [-0.1, -0.05) is 12.1 Å². The highest BCUT2D eigenvalue weighted by molar-refractivity contribution is 6.62. The lowest BCUT2D eigenvalue weighted by Gasteiger charge is -2.44. The van der Waals surface area contributed by atoms with Gasteiger partial charge in [-0.15, -0.1) is 0 Å². The number of imide groups is 1. The maximum absolute atomic E-state index is 13.7. The molecule has 1 unspecified atom stereocenters. The Bertz CT molecular complexity index is 987. The zero-order valence-corrected chi connectivity index (χ0v) is 20.3. The van der Waals surface area contributed by atoms with E-state index in [0.717, 1.165) is 23.2 Å². The molecule has 2 spiro atoms. The van der Waals surface area contributed by atoms with Crippen molar-refractivity contribution in [1.82, 2.24) is 10.2 Å². The molecule has 3 amide bonds. The third-order valence-electron chi connectivity index (χ3n) is 8.29. The van der Waals surface area contributed by atoms with E-state index in [1.165, 1.54) is 7.05 Å². The van der Waals surface area contributed by atoms with Crippen LogP contribution in [-0.4, -0.2) is 60.5 Å². The van der Waals surface area contributed by atoms with Crippen LogP contribution in [0.4, 0.5) is 4.79 Å². The molecule has 1 atom stereocenters. The third-order valence-corrected chi connectivity index (χ3v) is 8.29. The summed E-state index contributed by atoms with van der Waals surface area (Å²) in [5.41, 5.74) is -1.62. The first kappa shape index (κ1) is 22.7. The van der Waals surface area contributed by atoms with E-state index >= 15 is 0 Å². The minimum Gasteiger partial charge on any atom is -0.483 e. The molecule has 33 heavy (non-hydrogen) atoms. The van der Waals surface area contributed by atoms with E-state index in [1.807, 2.05) is 52.8 Å². The lowest BCUT2D eigenvalue weighted by Crippen LogP contribution is -2.63. The fourth-order valence-corrected chi connectivity index (χ4v) is 5.66. The van der Waals surface area contributed by atoms with Crippen molar-refractivity contribution in [3.05, 3.63) is 23.8 Å². The fraction of sp³-hybridized carbons (Fsp3) is 0.667. The number of nitrogens with one attached hydrogen (secondary N) is 1. The Kier molecular flexibility index (Phi) is 4.95. The molecule has 8 nitrogen and oxygen atoms in total. The quantitative estimate of drug-likeness (QED) is 0.556. The molecule has 178 valence electrons. The van der Waals surface area contributed by atoms with Crippen LogP contribution in [-0.2, 0) is 24.4 Å². The molecule has 1 aromatic rings. The van der Waals surface area contributed by atoms with Gasteiger partial charge in [0.25, 0.3) is 5.91 Å². The van der Waals surface area contributed by atoms with E-state index in [2.05, 4.69) is 5.32 Å². The summed E-state index contributed by atoms with van der Waals surface area (Å²) in [5, 5.41) is 3.03. The molecule has 4 aliphatic rings. The maximum atomic E-state index is 13.7. The standard InChI is InChI=1S/C24H33BN2O6/c1-7-30-16-10-12-23(13-11-16)24(19(28)27(6)20(29)26-24)17-14-15(8-9-18(17)31-23)25-32-21(2,3)22(4,5)33-25/h8-9,14,16H,7,10-13H2,1-6H3,(H,26,29). The maximum Gasteiger partial charge on any atom is 0.494 e. The van der Waals surface area contributed by atoms with Gasteiger partial charge >= 0.3 is 13.1 Å². The molecule has 3 fully saturated rings. The number of nitrogens with zero attached hydrogens (tertiary/aromatic N) is 1. The van der Waals surface area contributed by atoms with E-state index in [1.54, 1.807) is 0 Å². The third kappa shape index (κ3) is 3.01. The monoisotopic (exact) mass is 456 g/mol. The Morgan fingerprint density at radius 1 is 1.12 bits per heavy atom. The molecule has 0 radical (unpaired) electrons. The highest BCUT2D eigenvalue weighted by Gasteiger charge is 2.70. The van der Waals surface area contributed by atoms with Crippen molar-refractivity contribution in [1.29, 1.82) is 0 Å². The first-order valence-corrected chi connectivity index (χ1v) is 11.9. The molecule has 3 aliphatic heterocycles. The highest BCUT2D eigenvalue weighted by atomic mass is 16.7. The largest absolute Gasteiger partial charge is 0.494 e. The van der Waals surface area contributed by atoms with Crippen LogP contribution >= 0.6 is 0 Å². The SMILES string of the molecule is CCOC1CCC2(CC1)Oc1ccc(B3OC(C)(C)C(C)(C)O3)cc1C21NC(=O)N(C)C1=O. The van der Waals surface area contributed by atoms with Gasteiger partial charge in [0.1, 0.15) is 11.4 Å². The average molecular weight is 456 g/mol. The van der Waals surface area contributed by atoms with Gasteiger partial charge in [0, 0.05) is 19.2 Å². The van der Waals surface area contributed by atoms with Crippen LogP contribution in [0, 0.1) is 0 Å². The zero-order valence-electron chi connectivity index (χ0n) is 20.3. The van der Waals surface area contributed by atoms with Crippen LogP contribution in [0.25, 0.3) is 0 Å². The second-order valence-electron chi connectivity index (χ2n) is 10.6. The molecule has 5 rings (SSSR count). The van der Waals surface area contributed by atoms with Crippen LogP contribution in [0.1, 0.15) is 65.9 Å². The van der Waals surface area contributed by atoms with Crippen LogP contribution in [0.2, 0.25) is 0 Å². The summed E-state index contributed by atoms with van der Waals surface area (Å²) in [6.45, 7) is 10.7. The molecular formula is C24H33BN2O6. The Morgan fingerprint density at radius 3 is 2.30 bits per heavy atom. The molecule has 1 N–H and O–H groups in total. The van der Waals surface area contributed by atoms with Gasteiger partial charge in [-0.3, -0.25) is 9.69 Å². The summed E-state index contributed by atoms with van der Waals surface area (Å²) in [6, 6.07) is 5.30. The molecular weight excluding hydrogens is 423 g/mol. The molecule has 1 aromatic carbocycles. The van der Waals surface area contributed by atoms with Crippen LogP contribution in [0.15, 0.2) is 18.2 Å². The van der Waals surface area contributed by atoms with Gasteiger partial charge in [-0.05, 0) is 71.8 Å². The lowest BCUT2D eigenvalue weighted by atomic mass is 9.67. The van der Waals surface area contributed by atoms with Crippen LogP contribution in [0.3, 0.4) is 0 Å². The van der Waals surface area contributed by atoms with Gasteiger partial charge in [0.15, 0.2) is 5.54 Å². The number of fused-ring (bicyclic) bond motifs is 3. The van der Waals surface area contributed by atoms with E-state index in [-0.39, 0.29) is 12.0 Å². The van der Waals surface area contributed by atoms with Gasteiger partial charge in [0.05, 0.1) is 17.3 Å². The summed E-state index contributed by atoms with van der Waals surface area (Å²) in [7, 11) is 0.940. The number of rotatable bonds is 3. The zero-order chi connectivity index (χ0) is 23.8. The van der Waals surface area contributed by atoms with E-state index in [0.29, 0.717) is 30.8 Å². The number of hydrogen-bond donors (Lipinski definition) is 1. The number of amides is 3. The van der Waals surface area contributed by atoms with Gasteiger partial charge in [-0.2, -0.15) is 0 Å². The van der Waals surface area contributed by atoms with Crippen LogP contribution < -0.4 is 15.5 Å². The van der Waals surface area contributed by atoms with Crippen molar-refractivity contribution < 1.29 is 28.4 Å². The molecule has 1 aliphatic carbocycles. The number of hydrogen-bond acceptors (Lipinski definition) is 6. The molecule has 9 heteroatoms. The molecule has 0 bridgehead atoms. The molecule has 1 saturated carbocycles. The van der Waals surface area contributed by atoms with Crippen molar-refractivity contribution in [2.75, 3.05) is 13.7 Å². The molecule has 0 aromatic heterocycles. The predicted octanol–water partition coefficient (Wildman–Crippen LogP) is 2.47. The second-order valence-corrected chi connectivity index (χ2v) is 10.6. The first-order chi connectivity index (χ1) is 15.5. The Balaban J connectivity index is 1.57. The Hall–Kier alpha value is -2.10. The summed E-state index contributed by atoms with van der Waals surface area (Å²) in [5.74, 6) is 0.334. The summed E-state index contributed by atoms with van der Waals surface area (Å²) in [6.07, 6.45) is 2.88. The van der Waals surface area contributed by atoms with Crippen molar-refractivity contribution >= 4 is 24.5 Å². The van der Waals surface area contributed by atoms with E-state index < -0.39 is 35.5 Å². The molecule has 2 saturated heterocycles. The lowest BCUT2D eigenvalue weighted by molar-refractivity contribution is -0.141. The minimum atomic E-state index is -1.27. The number of ether oxygens (including phenoxy) is 2. The fourth-order valence-electron chi connectivity index (χ4n) is 5.66. The van der Waals surface area contributed by atoms with Crippen LogP contribution in [0.5, 0.6) is 5.75 Å². The molecule has 3 heterocycles. The van der Waals surface area contributed by atoms with Crippen molar-refractivity contribution in [3.63, 3.8) is 0 Å². The number of urea groups is 1. The van der Waals surface area contributed by atoms with E-state index in [4.69, 9.17) is 18.8 Å².